The number of amides is 1. The van der Waals surface area contributed by atoms with Crippen molar-refractivity contribution in [1.82, 2.24) is 0 Å². The summed E-state index contributed by atoms with van der Waals surface area (Å²) < 4.78 is 13.1. The molecule has 0 saturated carbocycles. The smallest absolute Gasteiger partial charge is 0.219 e. The fraction of sp³-hybridized carbons (Fsp3) is 0.222. The molecule has 1 aromatic rings. The molecular formula is C9H11FN2O. The van der Waals surface area contributed by atoms with Crippen LogP contribution in [0.2, 0.25) is 0 Å². The summed E-state index contributed by atoms with van der Waals surface area (Å²) in [4.78, 5) is 10.5. The lowest BCUT2D eigenvalue weighted by molar-refractivity contribution is -0.118. The van der Waals surface area contributed by atoms with Crippen LogP contribution in [0, 0.1) is 5.82 Å². The Morgan fingerprint density at radius 1 is 1.46 bits per heavy atom. The van der Waals surface area contributed by atoms with Gasteiger partial charge in [0.05, 0.1) is 0 Å². The largest absolute Gasteiger partial charge is 0.370 e. The quantitative estimate of drug-likeness (QED) is 0.722. The third-order valence-electron chi connectivity index (χ3n) is 1.73. The highest BCUT2D eigenvalue weighted by molar-refractivity contribution is 5.74. The van der Waals surface area contributed by atoms with Gasteiger partial charge in [-0.05, 0) is 6.07 Å². The molecule has 0 spiro atoms. The van der Waals surface area contributed by atoms with Crippen molar-refractivity contribution in [3.63, 3.8) is 0 Å². The summed E-state index contributed by atoms with van der Waals surface area (Å²) in [6.07, 6.45) is -0.0407. The van der Waals surface area contributed by atoms with Gasteiger partial charge in [0.15, 0.2) is 0 Å². The van der Waals surface area contributed by atoms with Gasteiger partial charge in [-0.2, -0.15) is 0 Å². The Labute approximate surface area is 75.5 Å². The van der Waals surface area contributed by atoms with Crippen LogP contribution in [0.15, 0.2) is 24.3 Å². The maximum absolute atomic E-state index is 13.1. The maximum atomic E-state index is 13.1. The van der Waals surface area contributed by atoms with Crippen LogP contribution in [0.25, 0.3) is 0 Å². The molecule has 1 aromatic carbocycles. The molecule has 0 heterocycles. The highest BCUT2D eigenvalue weighted by Gasteiger charge is 2.12. The molecule has 1 rings (SSSR count). The van der Waals surface area contributed by atoms with Gasteiger partial charge in [-0.3, -0.25) is 4.79 Å². The van der Waals surface area contributed by atoms with E-state index in [9.17, 15) is 9.18 Å². The first-order chi connectivity index (χ1) is 6.11. The predicted octanol–water partition coefficient (Wildman–Crippen LogP) is 0.701. The van der Waals surface area contributed by atoms with Gasteiger partial charge >= 0.3 is 0 Å². The van der Waals surface area contributed by atoms with Crippen LogP contribution in [0.3, 0.4) is 0 Å². The van der Waals surface area contributed by atoms with Crippen molar-refractivity contribution in [2.24, 2.45) is 11.5 Å². The topological polar surface area (TPSA) is 69.1 Å². The van der Waals surface area contributed by atoms with Gasteiger partial charge in [0.1, 0.15) is 5.82 Å². The van der Waals surface area contributed by atoms with Crippen molar-refractivity contribution >= 4 is 5.91 Å². The van der Waals surface area contributed by atoms with Gasteiger partial charge in [0.25, 0.3) is 0 Å². The molecule has 1 atom stereocenters. The van der Waals surface area contributed by atoms with E-state index in [1.807, 2.05) is 0 Å². The molecule has 70 valence electrons. The number of benzene rings is 1. The first kappa shape index (κ1) is 9.67. The van der Waals surface area contributed by atoms with Gasteiger partial charge in [-0.1, -0.05) is 18.2 Å². The Hall–Kier alpha value is -1.42. The number of nitrogens with two attached hydrogens (primary N) is 2. The third kappa shape index (κ3) is 2.52. The molecule has 0 radical (unpaired) electrons. The summed E-state index contributed by atoms with van der Waals surface area (Å²) in [6.45, 7) is 0. The molecule has 0 fully saturated rings. The predicted molar refractivity (Wildman–Crippen MR) is 47.1 cm³/mol. The molecule has 13 heavy (non-hydrogen) atoms. The SMILES string of the molecule is NC(=O)C[C@H](N)c1ccccc1F. The van der Waals surface area contributed by atoms with E-state index in [1.165, 1.54) is 6.07 Å². The summed E-state index contributed by atoms with van der Waals surface area (Å²) in [6, 6.07) is 5.42. The van der Waals surface area contributed by atoms with Crippen molar-refractivity contribution in [3.05, 3.63) is 35.6 Å². The number of halogens is 1. The van der Waals surface area contributed by atoms with E-state index in [2.05, 4.69) is 0 Å². The Balaban J connectivity index is 2.82. The number of carbonyl (C=O) groups excluding carboxylic acids is 1. The monoisotopic (exact) mass is 182 g/mol. The summed E-state index contributed by atoms with van der Waals surface area (Å²) >= 11 is 0. The number of hydrogen-bond donors (Lipinski definition) is 2. The van der Waals surface area contributed by atoms with Crippen molar-refractivity contribution < 1.29 is 9.18 Å². The van der Waals surface area contributed by atoms with Crippen molar-refractivity contribution in [2.75, 3.05) is 0 Å². The molecule has 0 aliphatic carbocycles. The zero-order valence-electron chi connectivity index (χ0n) is 7.03. The van der Waals surface area contributed by atoms with Gasteiger partial charge in [0.2, 0.25) is 5.91 Å². The Morgan fingerprint density at radius 3 is 2.62 bits per heavy atom. The summed E-state index contributed by atoms with van der Waals surface area (Å²) in [5.41, 5.74) is 10.8. The molecule has 0 unspecified atom stereocenters. The zero-order valence-corrected chi connectivity index (χ0v) is 7.03. The van der Waals surface area contributed by atoms with E-state index in [4.69, 9.17) is 11.5 Å². The van der Waals surface area contributed by atoms with Crippen LogP contribution in [0.4, 0.5) is 4.39 Å². The summed E-state index contributed by atoms with van der Waals surface area (Å²) in [5, 5.41) is 0. The molecular weight excluding hydrogens is 171 g/mol. The Kier molecular flexibility index (Phi) is 2.97. The molecule has 4 N–H and O–H groups in total. The van der Waals surface area contributed by atoms with E-state index in [-0.39, 0.29) is 6.42 Å². The molecule has 0 aliphatic rings. The molecule has 1 amide bonds. The van der Waals surface area contributed by atoms with Gasteiger partial charge in [-0.15, -0.1) is 0 Å². The molecule has 0 saturated heterocycles. The number of rotatable bonds is 3. The van der Waals surface area contributed by atoms with E-state index in [0.717, 1.165) is 0 Å². The minimum absolute atomic E-state index is 0.0407. The highest BCUT2D eigenvalue weighted by Crippen LogP contribution is 2.16. The lowest BCUT2D eigenvalue weighted by Gasteiger charge is -2.09. The van der Waals surface area contributed by atoms with E-state index in [0.29, 0.717) is 5.56 Å². The van der Waals surface area contributed by atoms with Gasteiger partial charge < -0.3 is 11.5 Å². The number of primary amides is 1. The zero-order chi connectivity index (χ0) is 9.84. The van der Waals surface area contributed by atoms with Gasteiger partial charge in [0, 0.05) is 18.0 Å². The lowest BCUT2D eigenvalue weighted by Crippen LogP contribution is -2.21. The second-order valence-electron chi connectivity index (χ2n) is 2.80. The van der Waals surface area contributed by atoms with Gasteiger partial charge in [-0.25, -0.2) is 4.39 Å². The average molecular weight is 182 g/mol. The Morgan fingerprint density at radius 2 is 2.08 bits per heavy atom. The Bertz CT molecular complexity index is 314. The van der Waals surface area contributed by atoms with Crippen LogP contribution in [-0.2, 0) is 4.79 Å². The van der Waals surface area contributed by atoms with Crippen molar-refractivity contribution in [2.45, 2.75) is 12.5 Å². The summed E-state index contributed by atoms with van der Waals surface area (Å²) in [5.74, 6) is -0.938. The van der Waals surface area contributed by atoms with Crippen LogP contribution in [0.5, 0.6) is 0 Å². The average Bonchev–Trinajstić information content (AvgIpc) is 2.03. The third-order valence-corrected chi connectivity index (χ3v) is 1.73. The molecule has 4 heteroatoms. The minimum atomic E-state index is -0.654. The van der Waals surface area contributed by atoms with Crippen molar-refractivity contribution in [1.29, 1.82) is 0 Å². The van der Waals surface area contributed by atoms with E-state index in [1.54, 1.807) is 18.2 Å². The second-order valence-corrected chi connectivity index (χ2v) is 2.80. The molecule has 0 aliphatic heterocycles. The normalized spacial score (nSPS) is 12.5. The lowest BCUT2D eigenvalue weighted by atomic mass is 10.0. The van der Waals surface area contributed by atoms with Crippen LogP contribution >= 0.6 is 0 Å². The highest BCUT2D eigenvalue weighted by atomic mass is 19.1. The number of carbonyl (C=O) groups is 1. The fourth-order valence-corrected chi connectivity index (χ4v) is 1.10. The molecule has 3 nitrogen and oxygen atoms in total. The minimum Gasteiger partial charge on any atom is -0.370 e. The van der Waals surface area contributed by atoms with Crippen LogP contribution in [-0.4, -0.2) is 5.91 Å². The van der Waals surface area contributed by atoms with Crippen LogP contribution in [0.1, 0.15) is 18.0 Å². The molecule has 0 bridgehead atoms. The van der Waals surface area contributed by atoms with E-state index >= 15 is 0 Å². The van der Waals surface area contributed by atoms with E-state index < -0.39 is 17.8 Å². The number of hydrogen-bond acceptors (Lipinski definition) is 2. The first-order valence-corrected chi connectivity index (χ1v) is 3.89. The molecule has 0 aromatic heterocycles. The fourth-order valence-electron chi connectivity index (χ4n) is 1.10. The van der Waals surface area contributed by atoms with Crippen molar-refractivity contribution in [3.8, 4) is 0 Å². The summed E-state index contributed by atoms with van der Waals surface area (Å²) in [7, 11) is 0. The maximum Gasteiger partial charge on any atom is 0.219 e. The second kappa shape index (κ2) is 4.00. The first-order valence-electron chi connectivity index (χ1n) is 3.89. The van der Waals surface area contributed by atoms with Crippen LogP contribution < -0.4 is 11.5 Å². The standard InChI is InChI=1S/C9H11FN2O/c10-7-4-2-1-3-6(7)8(11)5-9(12)13/h1-4,8H,5,11H2,(H2,12,13)/t8-/m0/s1.